The number of fused-ring (bicyclic) bond motifs is 1. The summed E-state index contributed by atoms with van der Waals surface area (Å²) >= 11 is 0. The lowest BCUT2D eigenvalue weighted by molar-refractivity contribution is 0.0534. The van der Waals surface area contributed by atoms with E-state index in [2.05, 4.69) is 18.8 Å². The first-order valence-corrected chi connectivity index (χ1v) is 9.50. The third-order valence-electron chi connectivity index (χ3n) is 4.91. The maximum Gasteiger partial charge on any atom is 0.262 e. The van der Waals surface area contributed by atoms with E-state index in [1.807, 2.05) is 30.3 Å². The van der Waals surface area contributed by atoms with Gasteiger partial charge < -0.3 is 4.42 Å². The Balaban J connectivity index is 0.00000240. The fourth-order valence-corrected chi connectivity index (χ4v) is 3.61. The summed E-state index contributed by atoms with van der Waals surface area (Å²) in [6.07, 6.45) is 2.90. The topological polar surface area (TPSA) is 63.4 Å². The molecule has 2 heterocycles. The smallest absolute Gasteiger partial charge is 0.262 e. The largest absolute Gasteiger partial charge is 0.443 e. The van der Waals surface area contributed by atoms with E-state index in [1.54, 1.807) is 30.5 Å². The summed E-state index contributed by atoms with van der Waals surface area (Å²) in [7, 11) is 0. The Labute approximate surface area is 177 Å². The number of oxazole rings is 1. The summed E-state index contributed by atoms with van der Waals surface area (Å²) in [4.78, 5) is 31.6. The molecule has 0 spiro atoms. The minimum absolute atomic E-state index is 0. The van der Waals surface area contributed by atoms with E-state index >= 15 is 0 Å². The van der Waals surface area contributed by atoms with Gasteiger partial charge in [0.15, 0.2) is 0 Å². The first-order valence-electron chi connectivity index (χ1n) is 9.50. The van der Waals surface area contributed by atoms with Crippen molar-refractivity contribution < 1.29 is 14.0 Å². The van der Waals surface area contributed by atoms with Crippen molar-refractivity contribution in [3.63, 3.8) is 0 Å². The summed E-state index contributed by atoms with van der Waals surface area (Å²) in [5.41, 5.74) is 2.00. The number of benzene rings is 2. The van der Waals surface area contributed by atoms with Gasteiger partial charge in [-0.2, -0.15) is 13.5 Å². The van der Waals surface area contributed by atoms with Crippen LogP contribution in [0, 0.1) is 5.92 Å². The van der Waals surface area contributed by atoms with Gasteiger partial charge in [0.2, 0.25) is 5.89 Å². The zero-order valence-electron chi connectivity index (χ0n) is 16.5. The van der Waals surface area contributed by atoms with Gasteiger partial charge in [0, 0.05) is 6.42 Å². The van der Waals surface area contributed by atoms with Crippen molar-refractivity contribution in [2.45, 2.75) is 32.7 Å². The third-order valence-corrected chi connectivity index (χ3v) is 4.91. The number of imide groups is 1. The normalized spacial score (nSPS) is 14.1. The second kappa shape index (κ2) is 8.66. The molecular weight excluding hydrogens is 384 g/mol. The number of aromatic nitrogens is 1. The van der Waals surface area contributed by atoms with Gasteiger partial charge in [-0.05, 0) is 30.0 Å². The van der Waals surface area contributed by atoms with Crippen molar-refractivity contribution >= 4 is 25.3 Å². The van der Waals surface area contributed by atoms with Crippen molar-refractivity contribution in [3.05, 3.63) is 89.1 Å². The molecule has 1 atom stereocenters. The molecule has 0 saturated carbocycles. The predicted octanol–water partition coefficient (Wildman–Crippen LogP) is 4.76. The SMILES string of the molecule is CC(C)C[C@@H](c1ncc(Cc2ccccc2)o1)N1C(=O)c2ccccc2C1=O.S. The minimum atomic E-state index is -0.517. The second-order valence-electron chi connectivity index (χ2n) is 7.50. The molecule has 0 saturated heterocycles. The number of nitrogens with zero attached hydrogens (tertiary/aromatic N) is 2. The standard InChI is InChI=1S/C23H22N2O3.H2S/c1-15(2)12-20(25-22(26)18-10-6-7-11-19(18)23(25)27)21-24-14-17(28-21)13-16-8-4-3-5-9-16;/h3-11,14-15,20H,12-13H2,1-2H3;1H2/t20-;/m0./s1. The lowest BCUT2D eigenvalue weighted by Gasteiger charge is -2.25. The van der Waals surface area contributed by atoms with Gasteiger partial charge in [0.25, 0.3) is 11.8 Å². The van der Waals surface area contributed by atoms with E-state index in [4.69, 9.17) is 4.42 Å². The Morgan fingerprint density at radius 3 is 2.10 bits per heavy atom. The summed E-state index contributed by atoms with van der Waals surface area (Å²) in [5.74, 6) is 0.822. The first-order chi connectivity index (χ1) is 13.5. The Bertz CT molecular complexity index is 979. The molecule has 29 heavy (non-hydrogen) atoms. The van der Waals surface area contributed by atoms with Crippen molar-refractivity contribution in [2.75, 3.05) is 0 Å². The number of hydrogen-bond acceptors (Lipinski definition) is 4. The molecule has 0 fully saturated rings. The molecule has 6 heteroatoms. The predicted molar refractivity (Wildman–Crippen MR) is 115 cm³/mol. The molecule has 0 aliphatic carbocycles. The molecule has 1 aliphatic heterocycles. The average Bonchev–Trinajstić information content (AvgIpc) is 3.25. The van der Waals surface area contributed by atoms with Gasteiger partial charge in [0.05, 0.1) is 17.3 Å². The average molecular weight is 409 g/mol. The molecule has 3 aromatic rings. The molecule has 0 bridgehead atoms. The van der Waals surface area contributed by atoms with Crippen LogP contribution >= 0.6 is 13.5 Å². The maximum atomic E-state index is 12.9. The molecule has 1 aliphatic rings. The molecule has 150 valence electrons. The Morgan fingerprint density at radius 2 is 1.52 bits per heavy atom. The third kappa shape index (κ3) is 4.12. The van der Waals surface area contributed by atoms with Crippen LogP contribution in [0.4, 0.5) is 0 Å². The highest BCUT2D eigenvalue weighted by atomic mass is 32.1. The molecule has 0 radical (unpaired) electrons. The summed E-state index contributed by atoms with van der Waals surface area (Å²) < 4.78 is 6.00. The van der Waals surface area contributed by atoms with Gasteiger partial charge in [0.1, 0.15) is 11.8 Å². The Morgan fingerprint density at radius 1 is 0.931 bits per heavy atom. The lowest BCUT2D eigenvalue weighted by Crippen LogP contribution is -2.35. The summed E-state index contributed by atoms with van der Waals surface area (Å²) in [6, 6.07) is 16.4. The molecule has 0 N–H and O–H groups in total. The molecule has 1 aromatic heterocycles. The number of amides is 2. The maximum absolute atomic E-state index is 12.9. The van der Waals surface area contributed by atoms with Gasteiger partial charge in [-0.25, -0.2) is 4.98 Å². The van der Waals surface area contributed by atoms with Crippen LogP contribution in [0.1, 0.15) is 64.2 Å². The Kier molecular flexibility index (Phi) is 6.23. The van der Waals surface area contributed by atoms with Crippen LogP contribution < -0.4 is 0 Å². The molecule has 5 nitrogen and oxygen atoms in total. The van der Waals surface area contributed by atoms with Gasteiger partial charge in [-0.1, -0.05) is 56.3 Å². The van der Waals surface area contributed by atoms with Gasteiger partial charge >= 0.3 is 0 Å². The van der Waals surface area contributed by atoms with Crippen LogP contribution in [-0.2, 0) is 6.42 Å². The molecule has 2 aromatic carbocycles. The minimum Gasteiger partial charge on any atom is -0.443 e. The van der Waals surface area contributed by atoms with E-state index in [1.165, 1.54) is 4.90 Å². The molecule has 4 rings (SSSR count). The van der Waals surface area contributed by atoms with Crippen LogP contribution in [0.15, 0.2) is 65.2 Å². The van der Waals surface area contributed by atoms with Gasteiger partial charge in [-0.3, -0.25) is 14.5 Å². The monoisotopic (exact) mass is 408 g/mol. The highest BCUT2D eigenvalue weighted by Crippen LogP contribution is 2.35. The summed E-state index contributed by atoms with van der Waals surface area (Å²) in [6.45, 7) is 4.11. The fraction of sp³-hybridized carbons (Fsp3) is 0.261. The number of rotatable bonds is 6. The number of carbonyl (C=O) groups excluding carboxylic acids is 2. The van der Waals surface area contributed by atoms with E-state index in [0.717, 1.165) is 5.56 Å². The first kappa shape index (κ1) is 20.9. The summed E-state index contributed by atoms with van der Waals surface area (Å²) in [5, 5.41) is 0. The van der Waals surface area contributed by atoms with E-state index in [9.17, 15) is 9.59 Å². The van der Waals surface area contributed by atoms with E-state index < -0.39 is 6.04 Å². The molecule has 0 unspecified atom stereocenters. The van der Waals surface area contributed by atoms with Crippen LogP contribution in [0.5, 0.6) is 0 Å². The van der Waals surface area contributed by atoms with Crippen molar-refractivity contribution in [2.24, 2.45) is 5.92 Å². The van der Waals surface area contributed by atoms with Gasteiger partial charge in [-0.15, -0.1) is 0 Å². The highest BCUT2D eigenvalue weighted by Gasteiger charge is 2.42. The van der Waals surface area contributed by atoms with Crippen LogP contribution in [0.3, 0.4) is 0 Å². The highest BCUT2D eigenvalue weighted by molar-refractivity contribution is 7.59. The van der Waals surface area contributed by atoms with E-state index in [0.29, 0.717) is 35.6 Å². The zero-order chi connectivity index (χ0) is 19.7. The molecule has 2 amide bonds. The van der Waals surface area contributed by atoms with Crippen molar-refractivity contribution in [3.8, 4) is 0 Å². The lowest BCUT2D eigenvalue weighted by atomic mass is 10.0. The Hall–Kier alpha value is -2.86. The van der Waals surface area contributed by atoms with E-state index in [-0.39, 0.29) is 31.2 Å². The molecular formula is C23H24N2O3S. The van der Waals surface area contributed by atoms with Crippen LogP contribution in [0.2, 0.25) is 0 Å². The number of hydrogen-bond donors (Lipinski definition) is 0. The second-order valence-corrected chi connectivity index (χ2v) is 7.50. The fourth-order valence-electron chi connectivity index (χ4n) is 3.61. The zero-order valence-corrected chi connectivity index (χ0v) is 17.5. The quantitative estimate of drug-likeness (QED) is 0.552. The van der Waals surface area contributed by atoms with Crippen molar-refractivity contribution in [1.29, 1.82) is 0 Å². The number of carbonyl (C=O) groups is 2. The van der Waals surface area contributed by atoms with Crippen molar-refractivity contribution in [1.82, 2.24) is 9.88 Å². The van der Waals surface area contributed by atoms with Crippen LogP contribution in [-0.4, -0.2) is 21.7 Å². The van der Waals surface area contributed by atoms with Crippen LogP contribution in [0.25, 0.3) is 0 Å².